The monoisotopic (exact) mass is 113 g/mol. The highest BCUT2D eigenvalue weighted by atomic mass is 15.1. The van der Waals surface area contributed by atoms with Crippen molar-refractivity contribution in [3.05, 3.63) is 0 Å². The van der Waals surface area contributed by atoms with Crippen LogP contribution >= 0.6 is 0 Å². The van der Waals surface area contributed by atoms with E-state index in [1.807, 2.05) is 0 Å². The van der Waals surface area contributed by atoms with Crippen molar-refractivity contribution in [2.45, 2.75) is 25.8 Å². The van der Waals surface area contributed by atoms with Crippen molar-refractivity contribution in [3.63, 3.8) is 0 Å². The topological polar surface area (TPSA) is 3.24 Å². The Morgan fingerprint density at radius 1 is 1.50 bits per heavy atom. The van der Waals surface area contributed by atoms with E-state index >= 15 is 0 Å². The summed E-state index contributed by atoms with van der Waals surface area (Å²) in [6, 6.07) is 0.917. The van der Waals surface area contributed by atoms with Crippen LogP contribution in [0, 0.1) is 5.92 Å². The quantitative estimate of drug-likeness (QED) is 0.522. The van der Waals surface area contributed by atoms with Gasteiger partial charge < -0.3 is 4.90 Å². The van der Waals surface area contributed by atoms with E-state index in [0.29, 0.717) is 0 Å². The van der Waals surface area contributed by atoms with Crippen LogP contribution in [-0.2, 0) is 0 Å². The van der Waals surface area contributed by atoms with Crippen molar-refractivity contribution < 1.29 is 0 Å². The second-order valence-electron chi connectivity index (χ2n) is 2.93. The molecule has 8 heavy (non-hydrogen) atoms. The molecule has 1 nitrogen and oxygen atoms in total. The standard InChI is InChI=1S/C7H15N/c1-4-6-5-7(6)8(2)3/h6-7H,4-5H2,1-3H3. The first-order valence-corrected chi connectivity index (χ1v) is 3.42. The van der Waals surface area contributed by atoms with Crippen molar-refractivity contribution in [3.8, 4) is 0 Å². The summed E-state index contributed by atoms with van der Waals surface area (Å²) in [5.41, 5.74) is 0. The Morgan fingerprint density at radius 3 is 2.25 bits per heavy atom. The third kappa shape index (κ3) is 1.03. The lowest BCUT2D eigenvalue weighted by Gasteiger charge is -2.06. The molecule has 0 spiro atoms. The summed E-state index contributed by atoms with van der Waals surface area (Å²) in [6.45, 7) is 2.27. The average Bonchev–Trinajstić information content (AvgIpc) is 2.42. The first-order chi connectivity index (χ1) is 3.75. The van der Waals surface area contributed by atoms with Gasteiger partial charge in [0, 0.05) is 6.04 Å². The molecule has 0 heterocycles. The highest BCUT2D eigenvalue weighted by Gasteiger charge is 2.36. The molecule has 1 saturated carbocycles. The van der Waals surface area contributed by atoms with Gasteiger partial charge in [0.15, 0.2) is 0 Å². The highest BCUT2D eigenvalue weighted by Crippen LogP contribution is 2.36. The number of rotatable bonds is 2. The molecule has 0 aromatic heterocycles. The smallest absolute Gasteiger partial charge is 0.0121 e. The summed E-state index contributed by atoms with van der Waals surface area (Å²) in [4.78, 5) is 2.33. The van der Waals surface area contributed by atoms with Crippen LogP contribution in [0.15, 0.2) is 0 Å². The molecule has 0 aromatic carbocycles. The lowest BCUT2D eigenvalue weighted by Crippen LogP contribution is -2.15. The fourth-order valence-electron chi connectivity index (χ4n) is 1.30. The number of hydrogen-bond donors (Lipinski definition) is 0. The van der Waals surface area contributed by atoms with Crippen LogP contribution < -0.4 is 0 Å². The summed E-state index contributed by atoms with van der Waals surface area (Å²) >= 11 is 0. The van der Waals surface area contributed by atoms with Crippen LogP contribution in [0.2, 0.25) is 0 Å². The molecule has 2 atom stereocenters. The Kier molecular flexibility index (Phi) is 1.57. The zero-order valence-electron chi connectivity index (χ0n) is 6.02. The fourth-order valence-corrected chi connectivity index (χ4v) is 1.30. The summed E-state index contributed by atoms with van der Waals surface area (Å²) in [6.07, 6.45) is 2.80. The average molecular weight is 113 g/mol. The van der Waals surface area contributed by atoms with Gasteiger partial charge in [0.05, 0.1) is 0 Å². The molecule has 0 saturated heterocycles. The van der Waals surface area contributed by atoms with E-state index in [4.69, 9.17) is 0 Å². The van der Waals surface area contributed by atoms with Crippen molar-refractivity contribution >= 4 is 0 Å². The van der Waals surface area contributed by atoms with Gasteiger partial charge in [0.25, 0.3) is 0 Å². The second kappa shape index (κ2) is 2.06. The molecule has 1 aliphatic carbocycles. The van der Waals surface area contributed by atoms with Crippen molar-refractivity contribution in [1.29, 1.82) is 0 Å². The van der Waals surface area contributed by atoms with Gasteiger partial charge in [-0.15, -0.1) is 0 Å². The molecule has 0 amide bonds. The zero-order chi connectivity index (χ0) is 6.15. The van der Waals surface area contributed by atoms with E-state index in [0.717, 1.165) is 12.0 Å². The van der Waals surface area contributed by atoms with Gasteiger partial charge in [-0.1, -0.05) is 13.3 Å². The van der Waals surface area contributed by atoms with E-state index in [2.05, 4.69) is 25.9 Å². The molecule has 1 rings (SSSR count). The minimum atomic E-state index is 0.917. The zero-order valence-corrected chi connectivity index (χ0v) is 6.02. The molecule has 1 fully saturated rings. The largest absolute Gasteiger partial charge is 0.306 e. The molecule has 1 aliphatic rings. The lowest BCUT2D eigenvalue weighted by molar-refractivity contribution is 0.375. The lowest BCUT2D eigenvalue weighted by atomic mass is 10.3. The summed E-state index contributed by atoms with van der Waals surface area (Å²) < 4.78 is 0. The predicted molar refractivity (Wildman–Crippen MR) is 35.9 cm³/mol. The summed E-state index contributed by atoms with van der Waals surface area (Å²) in [7, 11) is 4.33. The Bertz CT molecular complexity index is 78.5. The Labute approximate surface area is 51.7 Å². The number of hydrogen-bond acceptors (Lipinski definition) is 1. The van der Waals surface area contributed by atoms with Crippen molar-refractivity contribution in [1.82, 2.24) is 4.90 Å². The van der Waals surface area contributed by atoms with Crippen LogP contribution in [0.3, 0.4) is 0 Å². The van der Waals surface area contributed by atoms with Crippen molar-refractivity contribution in [2.24, 2.45) is 5.92 Å². The van der Waals surface area contributed by atoms with Gasteiger partial charge >= 0.3 is 0 Å². The van der Waals surface area contributed by atoms with Gasteiger partial charge in [0.2, 0.25) is 0 Å². The van der Waals surface area contributed by atoms with Gasteiger partial charge in [-0.3, -0.25) is 0 Å². The third-order valence-corrected chi connectivity index (χ3v) is 2.07. The van der Waals surface area contributed by atoms with E-state index in [-0.39, 0.29) is 0 Å². The van der Waals surface area contributed by atoms with E-state index < -0.39 is 0 Å². The van der Waals surface area contributed by atoms with Gasteiger partial charge in [0.1, 0.15) is 0 Å². The van der Waals surface area contributed by atoms with E-state index in [1.165, 1.54) is 12.8 Å². The Balaban J connectivity index is 2.16. The molecule has 0 N–H and O–H groups in total. The van der Waals surface area contributed by atoms with Gasteiger partial charge in [-0.25, -0.2) is 0 Å². The highest BCUT2D eigenvalue weighted by molar-refractivity contribution is 4.91. The van der Waals surface area contributed by atoms with Gasteiger partial charge in [-0.05, 0) is 26.4 Å². The maximum Gasteiger partial charge on any atom is 0.0121 e. The molecule has 2 unspecified atom stereocenters. The number of nitrogens with zero attached hydrogens (tertiary/aromatic N) is 1. The van der Waals surface area contributed by atoms with E-state index in [1.54, 1.807) is 0 Å². The van der Waals surface area contributed by atoms with Crippen LogP contribution in [0.4, 0.5) is 0 Å². The summed E-state index contributed by atoms with van der Waals surface area (Å²) in [5, 5.41) is 0. The van der Waals surface area contributed by atoms with Gasteiger partial charge in [-0.2, -0.15) is 0 Å². The molecular formula is C7H15N. The normalized spacial score (nSPS) is 36.0. The molecule has 0 bridgehead atoms. The predicted octanol–water partition coefficient (Wildman–Crippen LogP) is 1.35. The third-order valence-electron chi connectivity index (χ3n) is 2.07. The first-order valence-electron chi connectivity index (χ1n) is 3.42. The second-order valence-corrected chi connectivity index (χ2v) is 2.93. The Hall–Kier alpha value is -0.0400. The SMILES string of the molecule is CCC1CC1N(C)C. The van der Waals surface area contributed by atoms with Crippen molar-refractivity contribution in [2.75, 3.05) is 14.1 Å². The van der Waals surface area contributed by atoms with Crippen LogP contribution in [-0.4, -0.2) is 25.0 Å². The van der Waals surface area contributed by atoms with E-state index in [9.17, 15) is 0 Å². The molecule has 0 aliphatic heterocycles. The minimum Gasteiger partial charge on any atom is -0.306 e. The minimum absolute atomic E-state index is 0.917. The fraction of sp³-hybridized carbons (Fsp3) is 1.00. The first kappa shape index (κ1) is 6.09. The van der Waals surface area contributed by atoms with Crippen LogP contribution in [0.5, 0.6) is 0 Å². The summed E-state index contributed by atoms with van der Waals surface area (Å²) in [5.74, 6) is 1.02. The molecular weight excluding hydrogens is 98.1 g/mol. The molecule has 0 radical (unpaired) electrons. The molecule has 1 heteroatoms. The molecule has 48 valence electrons. The maximum atomic E-state index is 2.33. The maximum absolute atomic E-state index is 2.33. The molecule has 0 aromatic rings. The van der Waals surface area contributed by atoms with Crippen LogP contribution in [0.1, 0.15) is 19.8 Å². The Morgan fingerprint density at radius 2 is 2.12 bits per heavy atom. The van der Waals surface area contributed by atoms with Crippen LogP contribution in [0.25, 0.3) is 0 Å².